The van der Waals surface area contributed by atoms with Crippen molar-refractivity contribution in [3.8, 4) is 0 Å². The average molecular weight is 364 g/mol. The van der Waals surface area contributed by atoms with Gasteiger partial charge in [-0.15, -0.1) is 12.4 Å². The van der Waals surface area contributed by atoms with Crippen LogP contribution in [-0.2, 0) is 10.0 Å². The van der Waals surface area contributed by atoms with Gasteiger partial charge in [-0.1, -0.05) is 0 Å². The number of hydrogen-bond acceptors (Lipinski definition) is 4. The number of halogens is 2. The van der Waals surface area contributed by atoms with Crippen molar-refractivity contribution in [3.05, 3.63) is 29.6 Å². The highest BCUT2D eigenvalue weighted by molar-refractivity contribution is 7.92. The number of carbonyl (C=O) groups excluding carboxylic acids is 1. The lowest BCUT2D eigenvalue weighted by Gasteiger charge is -2.19. The van der Waals surface area contributed by atoms with E-state index in [4.69, 9.17) is 0 Å². The smallest absolute Gasteiger partial charge is 0.256 e. The van der Waals surface area contributed by atoms with Crippen LogP contribution in [0.2, 0.25) is 0 Å². The molecule has 3 rings (SSSR count). The van der Waals surface area contributed by atoms with Crippen molar-refractivity contribution in [1.29, 1.82) is 0 Å². The van der Waals surface area contributed by atoms with E-state index in [-0.39, 0.29) is 29.6 Å². The molecule has 0 radical (unpaired) electrons. The van der Waals surface area contributed by atoms with Gasteiger partial charge in [0.15, 0.2) is 0 Å². The van der Waals surface area contributed by atoms with Crippen LogP contribution in [0.3, 0.4) is 0 Å². The largest absolute Gasteiger partial charge is 0.338 e. The van der Waals surface area contributed by atoms with Gasteiger partial charge < -0.3 is 10.2 Å². The van der Waals surface area contributed by atoms with Crippen LogP contribution in [0.25, 0.3) is 0 Å². The van der Waals surface area contributed by atoms with Crippen molar-refractivity contribution in [2.24, 2.45) is 11.8 Å². The minimum atomic E-state index is -3.54. The van der Waals surface area contributed by atoms with Crippen LogP contribution in [0.1, 0.15) is 10.4 Å². The first-order valence-corrected chi connectivity index (χ1v) is 9.00. The zero-order valence-corrected chi connectivity index (χ0v) is 14.2. The summed E-state index contributed by atoms with van der Waals surface area (Å²) >= 11 is 0. The number of sulfonamides is 1. The molecule has 9 heteroatoms. The van der Waals surface area contributed by atoms with Crippen molar-refractivity contribution in [2.75, 3.05) is 37.2 Å². The molecule has 23 heavy (non-hydrogen) atoms. The topological polar surface area (TPSA) is 78.5 Å². The first kappa shape index (κ1) is 18.0. The van der Waals surface area contributed by atoms with Crippen LogP contribution in [0.5, 0.6) is 0 Å². The number of fused-ring (bicyclic) bond motifs is 1. The second-order valence-electron chi connectivity index (χ2n) is 5.95. The maximum Gasteiger partial charge on any atom is 0.256 e. The highest BCUT2D eigenvalue weighted by Crippen LogP contribution is 2.29. The Morgan fingerprint density at radius 1 is 1.30 bits per heavy atom. The molecular formula is C14H19ClFN3O3S. The highest BCUT2D eigenvalue weighted by atomic mass is 35.5. The molecular weight excluding hydrogens is 345 g/mol. The van der Waals surface area contributed by atoms with E-state index >= 15 is 0 Å². The molecule has 2 N–H and O–H groups in total. The maximum atomic E-state index is 13.5. The molecule has 0 bridgehead atoms. The predicted molar refractivity (Wildman–Crippen MR) is 87.9 cm³/mol. The van der Waals surface area contributed by atoms with E-state index in [1.165, 1.54) is 6.07 Å². The Kier molecular flexibility index (Phi) is 5.17. The van der Waals surface area contributed by atoms with Crippen molar-refractivity contribution < 1.29 is 17.6 Å². The zero-order chi connectivity index (χ0) is 15.9. The van der Waals surface area contributed by atoms with Crippen LogP contribution in [0, 0.1) is 17.7 Å². The molecule has 2 atom stereocenters. The van der Waals surface area contributed by atoms with Gasteiger partial charge in [0.1, 0.15) is 5.82 Å². The van der Waals surface area contributed by atoms with Crippen LogP contribution >= 0.6 is 12.4 Å². The molecule has 1 aromatic rings. The standard InChI is InChI=1S/C14H18FN3O3S.ClH/c1-22(20,21)17-13-3-2-11(15)4-12(13)14(19)18-7-9-5-16-6-10(9)8-18;/h2-4,9-10,16-17H,5-8H2,1H3;1H/t9-,10+;. The van der Waals surface area contributed by atoms with Crippen LogP contribution in [-0.4, -0.2) is 51.7 Å². The maximum absolute atomic E-state index is 13.5. The Hall–Kier alpha value is -1.38. The first-order chi connectivity index (χ1) is 10.3. The summed E-state index contributed by atoms with van der Waals surface area (Å²) in [5.74, 6) is -0.0591. The Balaban J connectivity index is 0.00000192. The van der Waals surface area contributed by atoms with Crippen molar-refractivity contribution >= 4 is 34.0 Å². The molecule has 1 aromatic carbocycles. The molecule has 2 aliphatic rings. The number of rotatable bonds is 3. The first-order valence-electron chi connectivity index (χ1n) is 7.11. The molecule has 6 nitrogen and oxygen atoms in total. The molecule has 2 fully saturated rings. The molecule has 0 spiro atoms. The zero-order valence-electron chi connectivity index (χ0n) is 12.6. The molecule has 1 amide bonds. The van der Waals surface area contributed by atoms with Crippen molar-refractivity contribution in [3.63, 3.8) is 0 Å². The van der Waals surface area contributed by atoms with Crippen molar-refractivity contribution in [1.82, 2.24) is 10.2 Å². The van der Waals surface area contributed by atoms with Crippen LogP contribution in [0.15, 0.2) is 18.2 Å². The summed E-state index contributed by atoms with van der Waals surface area (Å²) < 4.78 is 38.6. The number of nitrogens with one attached hydrogen (secondary N) is 2. The van der Waals surface area contributed by atoms with E-state index in [2.05, 4.69) is 10.0 Å². The Bertz CT molecular complexity index is 701. The quantitative estimate of drug-likeness (QED) is 0.836. The monoisotopic (exact) mass is 363 g/mol. The Morgan fingerprint density at radius 3 is 2.48 bits per heavy atom. The average Bonchev–Trinajstić information content (AvgIpc) is 2.99. The van der Waals surface area contributed by atoms with Gasteiger partial charge in [-0.05, 0) is 30.0 Å². The molecule has 2 aliphatic heterocycles. The van der Waals surface area contributed by atoms with Gasteiger partial charge in [0.25, 0.3) is 5.91 Å². The predicted octanol–water partition coefficient (Wildman–Crippen LogP) is 0.910. The number of amides is 1. The summed E-state index contributed by atoms with van der Waals surface area (Å²) in [7, 11) is -3.54. The number of benzene rings is 1. The summed E-state index contributed by atoms with van der Waals surface area (Å²) in [6.45, 7) is 2.99. The number of likely N-dealkylation sites (tertiary alicyclic amines) is 1. The van der Waals surface area contributed by atoms with Gasteiger partial charge in [0, 0.05) is 26.2 Å². The van der Waals surface area contributed by atoms with Gasteiger partial charge in [-0.3, -0.25) is 9.52 Å². The van der Waals surface area contributed by atoms with Gasteiger partial charge in [0.05, 0.1) is 17.5 Å². The molecule has 0 aromatic heterocycles. The Morgan fingerprint density at radius 2 is 1.91 bits per heavy atom. The van der Waals surface area contributed by atoms with E-state index < -0.39 is 15.8 Å². The number of carbonyl (C=O) groups is 1. The number of hydrogen-bond donors (Lipinski definition) is 2. The fraction of sp³-hybridized carbons (Fsp3) is 0.500. The second kappa shape index (κ2) is 6.62. The van der Waals surface area contributed by atoms with Gasteiger partial charge in [-0.25, -0.2) is 12.8 Å². The number of anilines is 1. The lowest BCUT2D eigenvalue weighted by atomic mass is 10.0. The summed E-state index contributed by atoms with van der Waals surface area (Å²) in [6.07, 6.45) is 0.997. The SMILES string of the molecule is CS(=O)(=O)Nc1ccc(F)cc1C(=O)N1C[C@H]2CNC[C@H]2C1.Cl. The highest BCUT2D eigenvalue weighted by Gasteiger charge is 2.38. The molecule has 0 saturated carbocycles. The third kappa shape index (κ3) is 3.94. The fourth-order valence-corrected chi connectivity index (χ4v) is 3.75. The van der Waals surface area contributed by atoms with Crippen LogP contribution in [0.4, 0.5) is 10.1 Å². The third-order valence-electron chi connectivity index (χ3n) is 4.18. The van der Waals surface area contributed by atoms with Gasteiger partial charge in [0.2, 0.25) is 10.0 Å². The van der Waals surface area contributed by atoms with Gasteiger partial charge in [-0.2, -0.15) is 0 Å². The van der Waals surface area contributed by atoms with E-state index in [1.54, 1.807) is 4.90 Å². The van der Waals surface area contributed by atoms with E-state index in [1.807, 2.05) is 0 Å². The summed E-state index contributed by atoms with van der Waals surface area (Å²) in [6, 6.07) is 3.50. The summed E-state index contributed by atoms with van der Waals surface area (Å²) in [5.41, 5.74) is 0.169. The molecule has 0 aliphatic carbocycles. The minimum absolute atomic E-state index is 0. The minimum Gasteiger partial charge on any atom is -0.338 e. The van der Waals surface area contributed by atoms with Gasteiger partial charge >= 0.3 is 0 Å². The van der Waals surface area contributed by atoms with E-state index in [0.717, 1.165) is 31.5 Å². The summed E-state index contributed by atoms with van der Waals surface area (Å²) in [5, 5.41) is 3.29. The van der Waals surface area contributed by atoms with E-state index in [9.17, 15) is 17.6 Å². The molecule has 0 unspecified atom stereocenters. The molecule has 128 valence electrons. The van der Waals surface area contributed by atoms with Crippen LogP contribution < -0.4 is 10.0 Å². The normalized spacial score (nSPS) is 23.3. The summed E-state index contributed by atoms with van der Waals surface area (Å²) in [4.78, 5) is 14.3. The third-order valence-corrected chi connectivity index (χ3v) is 4.77. The molecule has 2 saturated heterocycles. The number of nitrogens with zero attached hydrogens (tertiary/aromatic N) is 1. The van der Waals surface area contributed by atoms with Crippen molar-refractivity contribution in [2.45, 2.75) is 0 Å². The lowest BCUT2D eigenvalue weighted by molar-refractivity contribution is 0.0782. The second-order valence-corrected chi connectivity index (χ2v) is 7.70. The van der Waals surface area contributed by atoms with E-state index in [0.29, 0.717) is 24.9 Å². The molecule has 2 heterocycles. The lowest BCUT2D eigenvalue weighted by Crippen LogP contribution is -2.32. The Labute approximate surface area is 140 Å². The fourth-order valence-electron chi connectivity index (χ4n) is 3.17.